The smallest absolute Gasteiger partial charge is 0.592 e. The molecule has 0 spiro atoms. The maximum atomic E-state index is 6.03. The normalized spacial score (nSPS) is 11.4. The highest BCUT2D eigenvalue weighted by Crippen LogP contribution is 2.32. The predicted molar refractivity (Wildman–Crippen MR) is 116 cm³/mol. The first-order valence-corrected chi connectivity index (χ1v) is 12.9. The van der Waals surface area contributed by atoms with Crippen LogP contribution in [0.1, 0.15) is 19.4 Å². The van der Waals surface area contributed by atoms with E-state index in [0.717, 1.165) is 28.4 Å². The third-order valence-corrected chi connectivity index (χ3v) is 4.93. The summed E-state index contributed by atoms with van der Waals surface area (Å²) >= 11 is -2.42. The van der Waals surface area contributed by atoms with Gasteiger partial charge in [0.15, 0.2) is 0 Å². The topological polar surface area (TPSA) is 40.2 Å². The Morgan fingerprint density at radius 2 is 1.43 bits per heavy atom. The van der Waals surface area contributed by atoms with Crippen molar-refractivity contribution in [1.82, 2.24) is 0 Å². The van der Waals surface area contributed by atoms with Crippen LogP contribution in [0.4, 0.5) is 5.69 Å². The molecular formula is C20H24AlCl2NO4. The van der Waals surface area contributed by atoms with Crippen molar-refractivity contribution in [3.63, 3.8) is 0 Å². The third kappa shape index (κ3) is 5.89. The molecule has 0 saturated heterocycles. The first-order valence-electron chi connectivity index (χ1n) is 8.91. The van der Waals surface area contributed by atoms with Gasteiger partial charge in [-0.1, -0.05) is 0 Å². The molecule has 0 radical (unpaired) electrons. The Kier molecular flexibility index (Phi) is 9.14. The van der Waals surface area contributed by atoms with Gasteiger partial charge < -0.3 is 22.9 Å². The maximum absolute atomic E-state index is 6.03. The molecular weight excluding hydrogens is 416 g/mol. The number of halogens is 2. The molecule has 0 amide bonds. The van der Waals surface area contributed by atoms with Gasteiger partial charge in [-0.2, -0.15) is 20.1 Å². The zero-order valence-corrected chi connectivity index (χ0v) is 19.1. The number of rotatable bonds is 10. The van der Waals surface area contributed by atoms with Crippen molar-refractivity contribution in [1.29, 1.82) is 0 Å². The molecule has 2 rings (SSSR count). The van der Waals surface area contributed by atoms with Gasteiger partial charge in [0.1, 0.15) is 17.2 Å². The highest BCUT2D eigenvalue weighted by atomic mass is 35.7. The lowest BCUT2D eigenvalue weighted by Crippen LogP contribution is -2.24. The molecule has 5 nitrogen and oxygen atoms in total. The molecule has 0 aliphatic rings. The van der Waals surface area contributed by atoms with Crippen LogP contribution in [-0.4, -0.2) is 40.0 Å². The summed E-state index contributed by atoms with van der Waals surface area (Å²) in [5.41, 5.74) is 2.60. The minimum atomic E-state index is -2.42. The van der Waals surface area contributed by atoms with Crippen LogP contribution in [0.2, 0.25) is 0 Å². The average molecular weight is 440 g/mol. The van der Waals surface area contributed by atoms with E-state index in [9.17, 15) is 0 Å². The molecule has 0 bridgehead atoms. The zero-order valence-electron chi connectivity index (χ0n) is 16.4. The van der Waals surface area contributed by atoms with Crippen molar-refractivity contribution in [3.05, 3.63) is 60.0 Å². The van der Waals surface area contributed by atoms with E-state index in [1.54, 1.807) is 14.2 Å². The minimum Gasteiger partial charge on any atom is -0.592 e. The minimum absolute atomic E-state index is 0.312. The molecule has 0 aliphatic heterocycles. The first-order chi connectivity index (χ1) is 13.5. The zero-order chi connectivity index (χ0) is 20.5. The van der Waals surface area contributed by atoms with Gasteiger partial charge in [-0.25, -0.2) is 0 Å². The Bertz CT molecular complexity index is 767. The van der Waals surface area contributed by atoms with Crippen LogP contribution < -0.4 is 14.4 Å². The van der Waals surface area contributed by atoms with Gasteiger partial charge in [0.05, 0.1) is 20.8 Å². The van der Waals surface area contributed by atoms with Crippen molar-refractivity contribution in [2.45, 2.75) is 13.8 Å². The summed E-state index contributed by atoms with van der Waals surface area (Å²) in [6.45, 7) is 5.03. The van der Waals surface area contributed by atoms with Gasteiger partial charge in [0.25, 0.3) is 5.95 Å². The lowest BCUT2D eigenvalue weighted by Gasteiger charge is -2.29. The molecule has 28 heavy (non-hydrogen) atoms. The first kappa shape index (κ1) is 22.6. The fourth-order valence-corrected chi connectivity index (χ4v) is 3.56. The van der Waals surface area contributed by atoms with Crippen LogP contribution in [-0.2, 0) is 8.53 Å². The van der Waals surface area contributed by atoms with Gasteiger partial charge in [-0.05, 0) is 62.4 Å². The largest absolute Gasteiger partial charge is 0.817 e. The number of methoxy groups -OCH3 is 2. The van der Waals surface area contributed by atoms with Crippen molar-refractivity contribution in [2.24, 2.45) is 0 Å². The number of hydrogen-bond acceptors (Lipinski definition) is 5. The van der Waals surface area contributed by atoms with E-state index in [1.807, 2.05) is 62.4 Å². The summed E-state index contributed by atoms with van der Waals surface area (Å²) < 4.78 is 22.1. The second kappa shape index (κ2) is 11.3. The lowest BCUT2D eigenvalue weighted by atomic mass is 10.1. The number of anilines is 1. The number of ether oxygens (including phenoxy) is 3. The Balaban J connectivity index is 2.61. The fourth-order valence-electron chi connectivity index (χ4n) is 2.73. The van der Waals surface area contributed by atoms with Crippen molar-refractivity contribution in [3.8, 4) is 11.5 Å². The van der Waals surface area contributed by atoms with Crippen LogP contribution >= 0.6 is 20.1 Å². The van der Waals surface area contributed by atoms with E-state index in [0.29, 0.717) is 19.1 Å². The van der Waals surface area contributed by atoms with Gasteiger partial charge in [-0.3, -0.25) is 0 Å². The van der Waals surface area contributed by atoms with Crippen LogP contribution in [0.15, 0.2) is 54.5 Å². The van der Waals surface area contributed by atoms with Gasteiger partial charge in [0.2, 0.25) is 0 Å². The average Bonchev–Trinajstić information content (AvgIpc) is 2.71. The summed E-state index contributed by atoms with van der Waals surface area (Å²) in [6.07, 6.45) is 0. The monoisotopic (exact) mass is 439 g/mol. The summed E-state index contributed by atoms with van der Waals surface area (Å²) in [6, 6.07) is 15.4. The Morgan fingerprint density at radius 1 is 0.893 bits per heavy atom. The Labute approximate surface area is 179 Å². The quantitative estimate of drug-likeness (QED) is 0.367. The summed E-state index contributed by atoms with van der Waals surface area (Å²) in [4.78, 5) is 2.08. The van der Waals surface area contributed by atoms with Crippen LogP contribution in [0.5, 0.6) is 11.5 Å². The van der Waals surface area contributed by atoms with Crippen LogP contribution in [0.3, 0.4) is 0 Å². The van der Waals surface area contributed by atoms with Gasteiger partial charge >= 0.3 is 12.6 Å². The van der Waals surface area contributed by atoms with Crippen LogP contribution in [0, 0.1) is 0 Å². The molecule has 0 unspecified atom stereocenters. The van der Waals surface area contributed by atoms with Crippen molar-refractivity contribution in [2.75, 3.05) is 32.3 Å². The van der Waals surface area contributed by atoms with E-state index in [-0.39, 0.29) is 0 Å². The molecule has 150 valence electrons. The van der Waals surface area contributed by atoms with Crippen molar-refractivity contribution < 1.29 is 18.0 Å². The molecule has 0 N–H and O–H groups in total. The van der Waals surface area contributed by atoms with E-state index in [4.69, 9.17) is 38.1 Å². The number of hydrogen-bond donors (Lipinski definition) is 0. The van der Waals surface area contributed by atoms with Crippen molar-refractivity contribution >= 4 is 44.1 Å². The summed E-state index contributed by atoms with van der Waals surface area (Å²) in [7, 11) is 15.3. The molecule has 0 heterocycles. The third-order valence-electron chi connectivity index (χ3n) is 4.00. The highest BCUT2D eigenvalue weighted by Gasteiger charge is 2.26. The molecule has 0 saturated carbocycles. The second-order valence-corrected chi connectivity index (χ2v) is 9.42. The highest BCUT2D eigenvalue weighted by molar-refractivity contribution is 7.30. The van der Waals surface area contributed by atoms with E-state index in [2.05, 4.69) is 4.90 Å². The van der Waals surface area contributed by atoms with Gasteiger partial charge in [0, 0.05) is 17.8 Å². The van der Waals surface area contributed by atoms with E-state index in [1.165, 1.54) is 0 Å². The summed E-state index contributed by atoms with van der Waals surface area (Å²) in [5.74, 6) is 1.86. The number of benzene rings is 2. The van der Waals surface area contributed by atoms with E-state index < -0.39 is 12.6 Å². The maximum Gasteiger partial charge on any atom is 0.817 e. The predicted octanol–water partition coefficient (Wildman–Crippen LogP) is 5.37. The molecule has 2 aromatic carbocycles. The molecule has 0 aliphatic carbocycles. The number of nitrogens with zero attached hydrogens (tertiary/aromatic N) is 1. The molecule has 8 heteroatoms. The van der Waals surface area contributed by atoms with Gasteiger partial charge in [-0.15, -0.1) is 0 Å². The fraction of sp³-hybridized carbons (Fsp3) is 0.300. The standard InChI is InChI=1S/C20H25NO4.Al.2ClH/c1-5-21(16-9-13-18(24-4)14-10-16)19(20(22)25-6-2)15-7-11-17(23-3)12-8-15;;;/h7-14,22H,5-6H2,1-4H3;;2*1H/q;+3;;/p-3/b20-19+;;;. The lowest BCUT2D eigenvalue weighted by molar-refractivity contribution is 0.122. The molecule has 2 aromatic rings. The van der Waals surface area contributed by atoms with E-state index >= 15 is 0 Å². The SMILES string of the molecule is CCO/C([O][Al]([Cl])[Cl])=C(\c1ccc(OC)cc1)N(CC)c1ccc(OC)cc1. The van der Waals surface area contributed by atoms with Crippen LogP contribution in [0.25, 0.3) is 5.70 Å². The second-order valence-electron chi connectivity index (χ2n) is 5.62. The molecule has 0 atom stereocenters. The molecule has 0 fully saturated rings. The summed E-state index contributed by atoms with van der Waals surface area (Å²) in [5, 5.41) is 0. The Hall–Kier alpha value is -1.71. The molecule has 0 aromatic heterocycles. The Morgan fingerprint density at radius 3 is 1.86 bits per heavy atom.